The average Bonchev–Trinajstić information content (AvgIpc) is 3.42. The molecule has 2 aromatic heterocycles. The van der Waals surface area contributed by atoms with Gasteiger partial charge in [-0.1, -0.05) is 35.0 Å². The van der Waals surface area contributed by atoms with Gasteiger partial charge in [-0.15, -0.1) is 5.10 Å². The van der Waals surface area contributed by atoms with Crippen LogP contribution in [0.4, 0.5) is 0 Å². The molecule has 42 heavy (non-hydrogen) atoms. The van der Waals surface area contributed by atoms with Crippen molar-refractivity contribution in [3.05, 3.63) is 75.3 Å². The molecule has 0 amide bonds. The van der Waals surface area contributed by atoms with E-state index in [1.54, 1.807) is 6.07 Å². The van der Waals surface area contributed by atoms with Crippen molar-refractivity contribution in [2.24, 2.45) is 0 Å². The maximum Gasteiger partial charge on any atom is 0.281 e. The van der Waals surface area contributed by atoms with Gasteiger partial charge in [0.1, 0.15) is 5.82 Å². The maximum atomic E-state index is 13.4. The highest BCUT2D eigenvalue weighted by molar-refractivity contribution is 7.89. The first-order valence-corrected chi connectivity index (χ1v) is 16.7. The van der Waals surface area contributed by atoms with E-state index in [0.717, 1.165) is 5.56 Å². The molecule has 2 saturated heterocycles. The van der Waals surface area contributed by atoms with Crippen molar-refractivity contribution in [3.8, 4) is 0 Å². The molecule has 0 unspecified atom stereocenters. The van der Waals surface area contributed by atoms with E-state index in [-0.39, 0.29) is 53.9 Å². The van der Waals surface area contributed by atoms with Gasteiger partial charge in [0.2, 0.25) is 20.0 Å². The van der Waals surface area contributed by atoms with Crippen LogP contribution in [0.3, 0.4) is 0 Å². The minimum atomic E-state index is -3.86. The van der Waals surface area contributed by atoms with E-state index in [1.165, 1.54) is 37.6 Å². The van der Waals surface area contributed by atoms with Crippen LogP contribution in [0.1, 0.15) is 30.1 Å². The van der Waals surface area contributed by atoms with Crippen molar-refractivity contribution >= 4 is 42.8 Å². The summed E-state index contributed by atoms with van der Waals surface area (Å²) in [6, 6.07) is 12.6. The summed E-state index contributed by atoms with van der Waals surface area (Å²) in [5.41, 5.74) is 0.836. The molecule has 2 aliphatic rings. The highest BCUT2D eigenvalue weighted by Crippen LogP contribution is 2.30. The van der Waals surface area contributed by atoms with Gasteiger partial charge in [0.15, 0.2) is 11.2 Å². The maximum absolute atomic E-state index is 13.4. The van der Waals surface area contributed by atoms with E-state index < -0.39 is 25.6 Å². The average molecular weight is 634 g/mol. The SMILES string of the molecule is O=c1[nH]c(C2CCN(S(=O)(=O)c3ccc(S(=O)(=O)N4CCOCC4)cc3)CC2)nc2c1nnn2Cc1ccccc1Cl. The van der Waals surface area contributed by atoms with Crippen molar-refractivity contribution in [2.75, 3.05) is 39.4 Å². The zero-order valence-corrected chi connectivity index (χ0v) is 24.8. The van der Waals surface area contributed by atoms with E-state index in [1.807, 2.05) is 18.2 Å². The second kappa shape index (κ2) is 11.5. The molecule has 4 heterocycles. The number of nitrogens with zero attached hydrogens (tertiary/aromatic N) is 6. The van der Waals surface area contributed by atoms with Gasteiger partial charge in [-0.05, 0) is 48.7 Å². The summed E-state index contributed by atoms with van der Waals surface area (Å²) in [5.74, 6) is 0.267. The number of H-pyrrole nitrogens is 1. The zero-order chi connectivity index (χ0) is 29.5. The van der Waals surface area contributed by atoms with E-state index in [0.29, 0.717) is 42.5 Å². The molecule has 2 aromatic carbocycles. The van der Waals surface area contributed by atoms with Crippen LogP contribution in [-0.2, 0) is 31.3 Å². The summed E-state index contributed by atoms with van der Waals surface area (Å²) in [6.45, 7) is 1.86. The summed E-state index contributed by atoms with van der Waals surface area (Å²) < 4.78 is 62.0. The van der Waals surface area contributed by atoms with Gasteiger partial charge in [0.05, 0.1) is 29.5 Å². The first-order valence-electron chi connectivity index (χ1n) is 13.4. The Morgan fingerprint density at radius 1 is 0.881 bits per heavy atom. The van der Waals surface area contributed by atoms with Crippen LogP contribution in [-0.4, -0.2) is 89.8 Å². The molecule has 13 nitrogen and oxygen atoms in total. The van der Waals surface area contributed by atoms with Gasteiger partial charge in [0.25, 0.3) is 5.56 Å². The van der Waals surface area contributed by atoms with E-state index >= 15 is 0 Å². The van der Waals surface area contributed by atoms with Crippen LogP contribution in [0.5, 0.6) is 0 Å². The standard InChI is InChI=1S/C26H28ClN7O6S2/c27-22-4-2-1-3-19(22)17-34-25-23(30-31-34)26(35)29-24(28-25)18-9-11-32(12-10-18)41(36,37)20-5-7-21(8-6-20)42(38,39)33-13-15-40-16-14-33/h1-8,18H,9-17H2,(H,28,29,35). The first-order chi connectivity index (χ1) is 20.1. The number of halogens is 1. The topological polar surface area (TPSA) is 160 Å². The van der Waals surface area contributed by atoms with Crippen LogP contribution < -0.4 is 5.56 Å². The smallest absolute Gasteiger partial charge is 0.281 e. The van der Waals surface area contributed by atoms with Gasteiger partial charge in [-0.3, -0.25) is 4.79 Å². The monoisotopic (exact) mass is 633 g/mol. The third-order valence-corrected chi connectivity index (χ3v) is 11.8. The number of sulfonamides is 2. The van der Waals surface area contributed by atoms with E-state index in [4.69, 9.17) is 16.3 Å². The van der Waals surface area contributed by atoms with Crippen LogP contribution in [0.15, 0.2) is 63.1 Å². The number of fused-ring (bicyclic) bond motifs is 1. The van der Waals surface area contributed by atoms with Crippen molar-refractivity contribution < 1.29 is 21.6 Å². The highest BCUT2D eigenvalue weighted by Gasteiger charge is 2.32. The molecule has 0 atom stereocenters. The van der Waals surface area contributed by atoms with Crippen LogP contribution in [0.25, 0.3) is 11.2 Å². The lowest BCUT2D eigenvalue weighted by Gasteiger charge is -2.30. The fourth-order valence-electron chi connectivity index (χ4n) is 5.21. The molecule has 6 rings (SSSR count). The van der Waals surface area contributed by atoms with Gasteiger partial charge in [-0.25, -0.2) is 26.5 Å². The second-order valence-corrected chi connectivity index (χ2v) is 14.4. The van der Waals surface area contributed by atoms with Gasteiger partial charge >= 0.3 is 0 Å². The van der Waals surface area contributed by atoms with E-state index in [9.17, 15) is 21.6 Å². The molecule has 0 aliphatic carbocycles. The molecule has 2 aliphatic heterocycles. The summed E-state index contributed by atoms with van der Waals surface area (Å²) >= 11 is 6.29. The summed E-state index contributed by atoms with van der Waals surface area (Å²) in [6.07, 6.45) is 0.868. The minimum Gasteiger partial charge on any atom is -0.379 e. The number of nitrogens with one attached hydrogen (secondary N) is 1. The Hall–Kier alpha value is -3.21. The first kappa shape index (κ1) is 28.9. The number of benzene rings is 2. The van der Waals surface area contributed by atoms with Crippen molar-refractivity contribution in [3.63, 3.8) is 0 Å². The van der Waals surface area contributed by atoms with Crippen molar-refractivity contribution in [1.29, 1.82) is 0 Å². The Labute approximate surface area is 247 Å². The third kappa shape index (κ3) is 5.47. The Morgan fingerprint density at radius 3 is 2.10 bits per heavy atom. The van der Waals surface area contributed by atoms with Gasteiger partial charge in [-0.2, -0.15) is 8.61 Å². The van der Waals surface area contributed by atoms with Crippen LogP contribution in [0.2, 0.25) is 5.02 Å². The van der Waals surface area contributed by atoms with Crippen LogP contribution >= 0.6 is 11.6 Å². The number of hydrogen-bond donors (Lipinski definition) is 1. The second-order valence-electron chi connectivity index (χ2n) is 10.1. The Bertz CT molecular complexity index is 1880. The van der Waals surface area contributed by atoms with E-state index in [2.05, 4.69) is 20.3 Å². The lowest BCUT2D eigenvalue weighted by molar-refractivity contribution is 0.0730. The predicted octanol–water partition coefficient (Wildman–Crippen LogP) is 1.81. The minimum absolute atomic E-state index is 0.0179. The quantitative estimate of drug-likeness (QED) is 0.320. The van der Waals surface area contributed by atoms with Crippen LogP contribution in [0, 0.1) is 0 Å². The third-order valence-electron chi connectivity index (χ3n) is 7.58. The molecule has 1 N–H and O–H groups in total. The Kier molecular flexibility index (Phi) is 7.89. The number of morpholine rings is 1. The highest BCUT2D eigenvalue weighted by atomic mass is 35.5. The summed E-state index contributed by atoms with van der Waals surface area (Å²) in [7, 11) is -7.59. The fraction of sp³-hybridized carbons (Fsp3) is 0.385. The molecule has 222 valence electrons. The van der Waals surface area contributed by atoms with Crippen molar-refractivity contribution in [2.45, 2.75) is 35.1 Å². The number of aromatic nitrogens is 5. The molecule has 0 bridgehead atoms. The number of aromatic amines is 1. The molecule has 16 heteroatoms. The largest absolute Gasteiger partial charge is 0.379 e. The molecular formula is C26H28ClN7O6S2. The molecule has 2 fully saturated rings. The number of rotatable bonds is 7. The van der Waals surface area contributed by atoms with Gasteiger partial charge < -0.3 is 9.72 Å². The summed E-state index contributed by atoms with van der Waals surface area (Å²) in [4.78, 5) is 20.3. The lowest BCUT2D eigenvalue weighted by Crippen LogP contribution is -2.40. The molecule has 0 spiro atoms. The number of ether oxygens (including phenoxy) is 1. The molecule has 0 saturated carbocycles. The number of hydrogen-bond acceptors (Lipinski definition) is 9. The molecule has 4 aromatic rings. The van der Waals surface area contributed by atoms with Gasteiger partial charge in [0, 0.05) is 37.1 Å². The summed E-state index contributed by atoms with van der Waals surface area (Å²) in [5, 5.41) is 8.65. The Morgan fingerprint density at radius 2 is 1.48 bits per heavy atom. The Balaban J connectivity index is 1.16. The number of piperidine rings is 1. The fourth-order valence-corrected chi connectivity index (χ4v) is 8.28. The molecular weight excluding hydrogens is 606 g/mol. The lowest BCUT2D eigenvalue weighted by atomic mass is 9.97. The molecule has 0 radical (unpaired) electrons. The predicted molar refractivity (Wildman–Crippen MR) is 153 cm³/mol. The normalized spacial score (nSPS) is 18.0. The zero-order valence-electron chi connectivity index (χ0n) is 22.4. The van der Waals surface area contributed by atoms with Crippen molar-refractivity contribution in [1.82, 2.24) is 33.6 Å².